The average molecular weight is 342 g/mol. The minimum Gasteiger partial charge on any atom is -0.294 e. The van der Waals surface area contributed by atoms with E-state index in [0.717, 1.165) is 21.4 Å². The van der Waals surface area contributed by atoms with Gasteiger partial charge in [0.15, 0.2) is 5.78 Å². The summed E-state index contributed by atoms with van der Waals surface area (Å²) in [7, 11) is 0. The summed E-state index contributed by atoms with van der Waals surface area (Å²) in [4.78, 5) is 11.6. The molecule has 0 spiro atoms. The Morgan fingerprint density at radius 2 is 2.11 bits per heavy atom. The summed E-state index contributed by atoms with van der Waals surface area (Å²) >= 11 is 9.58. The van der Waals surface area contributed by atoms with Gasteiger partial charge in [-0.25, -0.2) is 0 Å². The monoisotopic (exact) mass is 340 g/mol. The number of halogens is 2. The van der Waals surface area contributed by atoms with Crippen LogP contribution in [0.2, 0.25) is 5.02 Å². The van der Waals surface area contributed by atoms with Crippen LogP contribution in [0.15, 0.2) is 22.7 Å². The number of carbonyl (C=O) groups excluding carboxylic acids is 1. The third kappa shape index (κ3) is 2.90. The maximum atomic E-state index is 11.6. The third-order valence-electron chi connectivity index (χ3n) is 3.07. The molecule has 0 atom stereocenters. The summed E-state index contributed by atoms with van der Waals surface area (Å²) in [6.07, 6.45) is 0. The molecule has 1 aromatic heterocycles. The van der Waals surface area contributed by atoms with Crippen LogP contribution in [0.4, 0.5) is 0 Å². The molecule has 1 heterocycles. The van der Waals surface area contributed by atoms with Crippen molar-refractivity contribution in [3.63, 3.8) is 0 Å². The lowest BCUT2D eigenvalue weighted by molar-refractivity contribution is 0.101. The smallest absolute Gasteiger partial charge is 0.163 e. The molecule has 2 aromatic rings. The molecule has 0 radical (unpaired) electrons. The van der Waals surface area contributed by atoms with Crippen molar-refractivity contribution < 1.29 is 4.79 Å². The van der Waals surface area contributed by atoms with Crippen molar-refractivity contribution in [2.24, 2.45) is 0 Å². The molecule has 5 heteroatoms. The van der Waals surface area contributed by atoms with E-state index >= 15 is 0 Å². The molecule has 0 saturated heterocycles. The second-order valence-electron chi connectivity index (χ2n) is 4.50. The van der Waals surface area contributed by atoms with Crippen molar-refractivity contribution in [1.82, 2.24) is 9.78 Å². The molecule has 0 aliphatic heterocycles. The number of aromatic nitrogens is 2. The molecule has 19 heavy (non-hydrogen) atoms. The number of carbonyl (C=O) groups is 1. The second kappa shape index (κ2) is 5.47. The first-order valence-corrected chi connectivity index (χ1v) is 7.06. The Morgan fingerprint density at radius 3 is 2.63 bits per heavy atom. The van der Waals surface area contributed by atoms with Crippen molar-refractivity contribution in [3.8, 4) is 0 Å². The molecule has 2 rings (SSSR count). The van der Waals surface area contributed by atoms with Crippen molar-refractivity contribution in [2.75, 3.05) is 0 Å². The third-order valence-corrected chi connectivity index (χ3v) is 3.91. The summed E-state index contributed by atoms with van der Waals surface area (Å²) in [5.41, 5.74) is 3.32. The van der Waals surface area contributed by atoms with Gasteiger partial charge in [-0.15, -0.1) is 0 Å². The van der Waals surface area contributed by atoms with Gasteiger partial charge in [-0.2, -0.15) is 5.10 Å². The largest absolute Gasteiger partial charge is 0.294 e. The molecule has 0 N–H and O–H groups in total. The first-order chi connectivity index (χ1) is 8.90. The molecule has 0 saturated carbocycles. The van der Waals surface area contributed by atoms with Gasteiger partial charge in [-0.1, -0.05) is 33.6 Å². The Kier molecular flexibility index (Phi) is 4.11. The summed E-state index contributed by atoms with van der Waals surface area (Å²) in [5, 5.41) is 5.10. The summed E-state index contributed by atoms with van der Waals surface area (Å²) in [6, 6.07) is 5.75. The van der Waals surface area contributed by atoms with Crippen LogP contribution in [0, 0.1) is 13.8 Å². The maximum Gasteiger partial charge on any atom is 0.163 e. The van der Waals surface area contributed by atoms with Crippen molar-refractivity contribution in [1.29, 1.82) is 0 Å². The highest BCUT2D eigenvalue weighted by Gasteiger charge is 2.15. The van der Waals surface area contributed by atoms with Crippen LogP contribution in [0.1, 0.15) is 34.2 Å². The number of rotatable bonds is 3. The Balaban J connectivity index is 2.39. The van der Waals surface area contributed by atoms with Gasteiger partial charge in [0, 0.05) is 15.2 Å². The summed E-state index contributed by atoms with van der Waals surface area (Å²) in [5.74, 6) is 0.0446. The highest BCUT2D eigenvalue weighted by atomic mass is 79.9. The topological polar surface area (TPSA) is 34.9 Å². The van der Waals surface area contributed by atoms with Gasteiger partial charge in [0.05, 0.1) is 17.8 Å². The highest BCUT2D eigenvalue weighted by Crippen LogP contribution is 2.23. The Labute approximate surface area is 125 Å². The van der Waals surface area contributed by atoms with Crippen LogP contribution in [0.3, 0.4) is 0 Å². The average Bonchev–Trinajstić information content (AvgIpc) is 2.58. The molecule has 0 fully saturated rings. The van der Waals surface area contributed by atoms with Crippen LogP contribution in [0.5, 0.6) is 0 Å². The van der Waals surface area contributed by atoms with E-state index in [0.29, 0.717) is 17.1 Å². The lowest BCUT2D eigenvalue weighted by Crippen LogP contribution is -2.05. The molecule has 1 aromatic carbocycles. The normalized spacial score (nSPS) is 10.8. The van der Waals surface area contributed by atoms with Crippen molar-refractivity contribution in [3.05, 3.63) is 50.2 Å². The fourth-order valence-electron chi connectivity index (χ4n) is 2.17. The van der Waals surface area contributed by atoms with Crippen molar-refractivity contribution >= 4 is 33.3 Å². The van der Waals surface area contributed by atoms with Gasteiger partial charge < -0.3 is 0 Å². The fraction of sp³-hybridized carbons (Fsp3) is 0.286. The SMILES string of the molecule is CC(=O)c1c(C)nn(Cc2ccc(Br)cc2Cl)c1C. The van der Waals surface area contributed by atoms with Gasteiger partial charge in [-0.3, -0.25) is 9.48 Å². The van der Waals surface area contributed by atoms with Gasteiger partial charge in [0.2, 0.25) is 0 Å². The fourth-order valence-corrected chi connectivity index (χ4v) is 2.90. The van der Waals surface area contributed by atoms with Gasteiger partial charge >= 0.3 is 0 Å². The molecular weight excluding hydrogens is 328 g/mol. The number of aryl methyl sites for hydroxylation is 1. The molecule has 0 aliphatic carbocycles. The first kappa shape index (κ1) is 14.3. The Morgan fingerprint density at radius 1 is 1.42 bits per heavy atom. The first-order valence-electron chi connectivity index (χ1n) is 5.89. The van der Waals surface area contributed by atoms with Crippen LogP contribution in [-0.2, 0) is 6.54 Å². The lowest BCUT2D eigenvalue weighted by atomic mass is 10.1. The van der Waals surface area contributed by atoms with E-state index in [4.69, 9.17) is 11.6 Å². The predicted octanol–water partition coefficient (Wildman–Crippen LogP) is 4.17. The molecule has 0 aliphatic rings. The number of hydrogen-bond donors (Lipinski definition) is 0. The molecule has 3 nitrogen and oxygen atoms in total. The van der Waals surface area contributed by atoms with Gasteiger partial charge in [0.1, 0.15) is 0 Å². The maximum absolute atomic E-state index is 11.6. The quantitative estimate of drug-likeness (QED) is 0.785. The van der Waals surface area contributed by atoms with Gasteiger partial charge in [-0.05, 0) is 38.5 Å². The molecule has 0 bridgehead atoms. The number of hydrogen-bond acceptors (Lipinski definition) is 2. The number of ketones is 1. The standard InChI is InChI=1S/C14H14BrClN2O/c1-8-14(10(3)19)9(2)18(17-8)7-11-4-5-12(15)6-13(11)16/h4-6H,7H2,1-3H3. The summed E-state index contributed by atoms with van der Waals surface area (Å²) < 4.78 is 2.76. The van der Waals surface area contributed by atoms with E-state index in [9.17, 15) is 4.79 Å². The predicted molar refractivity (Wildman–Crippen MR) is 80.0 cm³/mol. The van der Waals surface area contributed by atoms with Crippen molar-refractivity contribution in [2.45, 2.75) is 27.3 Å². The van der Waals surface area contributed by atoms with E-state index in [-0.39, 0.29) is 5.78 Å². The van der Waals surface area contributed by atoms with Crippen LogP contribution < -0.4 is 0 Å². The van der Waals surface area contributed by atoms with Gasteiger partial charge in [0.25, 0.3) is 0 Å². The number of benzene rings is 1. The lowest BCUT2D eigenvalue weighted by Gasteiger charge is -2.07. The molecule has 0 unspecified atom stereocenters. The zero-order valence-corrected chi connectivity index (χ0v) is 13.3. The molecule has 0 amide bonds. The minimum atomic E-state index is 0.0446. The van der Waals surface area contributed by atoms with E-state index in [1.165, 1.54) is 0 Å². The van der Waals surface area contributed by atoms with Crippen LogP contribution in [0.25, 0.3) is 0 Å². The summed E-state index contributed by atoms with van der Waals surface area (Å²) in [6.45, 7) is 5.88. The zero-order valence-electron chi connectivity index (χ0n) is 11.0. The minimum absolute atomic E-state index is 0.0446. The van der Waals surface area contributed by atoms with E-state index in [2.05, 4.69) is 21.0 Å². The van der Waals surface area contributed by atoms with E-state index in [1.54, 1.807) is 6.92 Å². The van der Waals surface area contributed by atoms with Crippen LogP contribution in [-0.4, -0.2) is 15.6 Å². The number of Topliss-reactive ketones (excluding diaryl/α,β-unsaturated/α-hetero) is 1. The Bertz CT molecular complexity index is 649. The highest BCUT2D eigenvalue weighted by molar-refractivity contribution is 9.10. The molecular formula is C14H14BrClN2O. The zero-order chi connectivity index (χ0) is 14.2. The molecule has 100 valence electrons. The van der Waals surface area contributed by atoms with Crippen LogP contribution >= 0.6 is 27.5 Å². The number of nitrogens with zero attached hydrogens (tertiary/aromatic N) is 2. The Hall–Kier alpha value is -1.13. The second-order valence-corrected chi connectivity index (χ2v) is 5.82. The van der Waals surface area contributed by atoms with E-state index < -0.39 is 0 Å². The van der Waals surface area contributed by atoms with E-state index in [1.807, 2.05) is 36.7 Å².